The molecule has 3 rings (SSSR count). The Morgan fingerprint density at radius 2 is 1.43 bits per heavy atom. The molecule has 1 fully saturated rings. The Morgan fingerprint density at radius 1 is 0.900 bits per heavy atom. The minimum atomic E-state index is -0.634. The second-order valence-corrected chi connectivity index (χ2v) is 8.61. The second kappa shape index (κ2) is 8.08. The molecule has 2 heterocycles. The van der Waals surface area contributed by atoms with Crippen LogP contribution in [0.2, 0.25) is 0 Å². The molecule has 0 unspecified atom stereocenters. The maximum absolute atomic E-state index is 13.0. The number of carbonyl (C=O) groups is 4. The molecule has 0 spiro atoms. The van der Waals surface area contributed by atoms with E-state index in [1.54, 1.807) is 47.6 Å². The van der Waals surface area contributed by atoms with Gasteiger partial charge in [0.2, 0.25) is 0 Å². The summed E-state index contributed by atoms with van der Waals surface area (Å²) in [5.74, 6) is -0.890. The van der Waals surface area contributed by atoms with E-state index in [2.05, 4.69) is 0 Å². The number of piperazine rings is 1. The number of hydrogen-bond acceptors (Lipinski definition) is 4. The first-order chi connectivity index (χ1) is 14.1. The molecule has 0 radical (unpaired) electrons. The van der Waals surface area contributed by atoms with Gasteiger partial charge in [-0.25, -0.2) is 4.79 Å². The zero-order valence-electron chi connectivity index (χ0n) is 18.4. The molecular weight excluding hydrogens is 384 g/mol. The Hall–Kier alpha value is -2.90. The topological polar surface area (TPSA) is 81.2 Å². The lowest BCUT2D eigenvalue weighted by molar-refractivity contribution is 0.0507. The van der Waals surface area contributed by atoms with Crippen molar-refractivity contribution in [3.63, 3.8) is 0 Å². The summed E-state index contributed by atoms with van der Waals surface area (Å²) in [6.45, 7) is 12.4. The van der Waals surface area contributed by atoms with Gasteiger partial charge in [-0.15, -0.1) is 0 Å². The third-order valence-electron chi connectivity index (χ3n) is 5.68. The lowest BCUT2D eigenvalue weighted by Gasteiger charge is -2.37. The van der Waals surface area contributed by atoms with E-state index >= 15 is 0 Å². The molecule has 1 saturated heterocycles. The molecule has 5 amide bonds. The van der Waals surface area contributed by atoms with Crippen LogP contribution in [0.25, 0.3) is 0 Å². The fourth-order valence-corrected chi connectivity index (χ4v) is 3.96. The summed E-state index contributed by atoms with van der Waals surface area (Å²) in [4.78, 5) is 57.3. The van der Waals surface area contributed by atoms with Crippen LogP contribution in [-0.4, -0.2) is 88.2 Å². The summed E-state index contributed by atoms with van der Waals surface area (Å²) >= 11 is 0. The van der Waals surface area contributed by atoms with E-state index in [1.807, 2.05) is 13.8 Å². The minimum Gasteiger partial charge on any atom is -0.335 e. The third kappa shape index (κ3) is 3.78. The van der Waals surface area contributed by atoms with Crippen LogP contribution in [0.5, 0.6) is 0 Å². The van der Waals surface area contributed by atoms with Gasteiger partial charge in [0.15, 0.2) is 0 Å². The molecule has 0 aromatic heterocycles. The lowest BCUT2D eigenvalue weighted by atomic mass is 10.0. The highest BCUT2D eigenvalue weighted by Crippen LogP contribution is 2.30. The van der Waals surface area contributed by atoms with E-state index in [1.165, 1.54) is 11.0 Å². The SMILES string of the molecule is CCN(CC)C(=O)N1CCN(C(=O)c2ccc3c(c2)C(=O)N(C(C)(C)C)C3=O)CC1. The van der Waals surface area contributed by atoms with Crippen LogP contribution in [0.15, 0.2) is 18.2 Å². The van der Waals surface area contributed by atoms with Crippen LogP contribution >= 0.6 is 0 Å². The molecule has 2 aliphatic heterocycles. The van der Waals surface area contributed by atoms with Gasteiger partial charge in [-0.05, 0) is 52.8 Å². The predicted octanol–water partition coefficient (Wildman–Crippen LogP) is 2.30. The van der Waals surface area contributed by atoms with Crippen molar-refractivity contribution in [3.05, 3.63) is 34.9 Å². The quantitative estimate of drug-likeness (QED) is 0.711. The number of fused-ring (bicyclic) bond motifs is 1. The zero-order valence-corrected chi connectivity index (χ0v) is 18.4. The van der Waals surface area contributed by atoms with Crippen molar-refractivity contribution in [1.82, 2.24) is 19.6 Å². The Labute approximate surface area is 177 Å². The van der Waals surface area contributed by atoms with Crippen molar-refractivity contribution in [1.29, 1.82) is 0 Å². The zero-order chi connectivity index (χ0) is 22.2. The van der Waals surface area contributed by atoms with Crippen molar-refractivity contribution in [2.24, 2.45) is 0 Å². The molecule has 162 valence electrons. The molecule has 0 aliphatic carbocycles. The molecular formula is C22H30N4O4. The molecule has 0 atom stereocenters. The van der Waals surface area contributed by atoms with E-state index in [0.29, 0.717) is 50.4 Å². The molecule has 2 aliphatic rings. The number of nitrogens with zero attached hydrogens (tertiary/aromatic N) is 4. The molecule has 30 heavy (non-hydrogen) atoms. The smallest absolute Gasteiger partial charge is 0.320 e. The normalized spacial score (nSPS) is 16.8. The van der Waals surface area contributed by atoms with Crippen LogP contribution < -0.4 is 0 Å². The van der Waals surface area contributed by atoms with Gasteiger partial charge in [-0.1, -0.05) is 0 Å². The predicted molar refractivity (Wildman–Crippen MR) is 112 cm³/mol. The summed E-state index contributed by atoms with van der Waals surface area (Å²) in [6.07, 6.45) is 0. The minimum absolute atomic E-state index is 0.00369. The van der Waals surface area contributed by atoms with Gasteiger partial charge in [-0.2, -0.15) is 0 Å². The van der Waals surface area contributed by atoms with E-state index in [4.69, 9.17) is 0 Å². The first-order valence-corrected chi connectivity index (χ1v) is 10.5. The van der Waals surface area contributed by atoms with Crippen molar-refractivity contribution >= 4 is 23.8 Å². The van der Waals surface area contributed by atoms with E-state index in [9.17, 15) is 19.2 Å². The molecule has 8 nitrogen and oxygen atoms in total. The highest BCUT2D eigenvalue weighted by molar-refractivity contribution is 6.22. The number of hydrogen-bond donors (Lipinski definition) is 0. The fourth-order valence-electron chi connectivity index (χ4n) is 3.96. The van der Waals surface area contributed by atoms with Crippen molar-refractivity contribution in [3.8, 4) is 0 Å². The number of carbonyl (C=O) groups excluding carboxylic acids is 4. The number of imide groups is 1. The Bertz CT molecular complexity index is 878. The Balaban J connectivity index is 1.72. The molecule has 8 heteroatoms. The standard InChI is InChI=1S/C22H30N4O4/c1-6-23(7-2)21(30)25-12-10-24(11-13-25)18(27)15-8-9-16-17(14-15)20(29)26(19(16)28)22(3,4)5/h8-9,14H,6-7,10-13H2,1-5H3. The Kier molecular flexibility index (Phi) is 5.87. The van der Waals surface area contributed by atoms with Gasteiger partial charge < -0.3 is 14.7 Å². The monoisotopic (exact) mass is 414 g/mol. The number of benzene rings is 1. The molecule has 0 N–H and O–H groups in total. The van der Waals surface area contributed by atoms with Crippen molar-refractivity contribution in [2.75, 3.05) is 39.3 Å². The van der Waals surface area contributed by atoms with Crippen LogP contribution in [0.1, 0.15) is 65.7 Å². The van der Waals surface area contributed by atoms with Crippen LogP contribution in [0.3, 0.4) is 0 Å². The van der Waals surface area contributed by atoms with Gasteiger partial charge in [0.05, 0.1) is 11.1 Å². The Morgan fingerprint density at radius 3 is 1.97 bits per heavy atom. The van der Waals surface area contributed by atoms with Gasteiger partial charge in [-0.3, -0.25) is 19.3 Å². The van der Waals surface area contributed by atoms with Crippen LogP contribution in [0.4, 0.5) is 4.79 Å². The van der Waals surface area contributed by atoms with Gasteiger partial charge in [0.25, 0.3) is 17.7 Å². The van der Waals surface area contributed by atoms with Gasteiger partial charge >= 0.3 is 6.03 Å². The third-order valence-corrected chi connectivity index (χ3v) is 5.68. The van der Waals surface area contributed by atoms with E-state index in [-0.39, 0.29) is 29.3 Å². The molecule has 1 aromatic carbocycles. The van der Waals surface area contributed by atoms with E-state index in [0.717, 1.165) is 0 Å². The average molecular weight is 415 g/mol. The van der Waals surface area contributed by atoms with Crippen molar-refractivity contribution < 1.29 is 19.2 Å². The highest BCUT2D eigenvalue weighted by Gasteiger charge is 2.42. The summed E-state index contributed by atoms with van der Waals surface area (Å²) in [7, 11) is 0. The highest BCUT2D eigenvalue weighted by atomic mass is 16.2. The average Bonchev–Trinajstić information content (AvgIpc) is 2.98. The summed E-state index contributed by atoms with van der Waals surface area (Å²) in [6, 6.07) is 4.69. The summed E-state index contributed by atoms with van der Waals surface area (Å²) in [5.41, 5.74) is 0.358. The first kappa shape index (κ1) is 21.8. The number of rotatable bonds is 3. The van der Waals surface area contributed by atoms with Crippen LogP contribution in [-0.2, 0) is 0 Å². The first-order valence-electron chi connectivity index (χ1n) is 10.5. The number of urea groups is 1. The van der Waals surface area contributed by atoms with Gasteiger partial charge in [0.1, 0.15) is 0 Å². The molecule has 1 aromatic rings. The summed E-state index contributed by atoms with van der Waals surface area (Å²) in [5, 5.41) is 0. The van der Waals surface area contributed by atoms with E-state index < -0.39 is 5.54 Å². The lowest BCUT2D eigenvalue weighted by Crippen LogP contribution is -2.54. The van der Waals surface area contributed by atoms with Crippen LogP contribution in [0, 0.1) is 0 Å². The fraction of sp³-hybridized carbons (Fsp3) is 0.545. The molecule has 0 saturated carbocycles. The molecule has 0 bridgehead atoms. The largest absolute Gasteiger partial charge is 0.335 e. The maximum Gasteiger partial charge on any atom is 0.320 e. The van der Waals surface area contributed by atoms with Crippen molar-refractivity contribution in [2.45, 2.75) is 40.2 Å². The maximum atomic E-state index is 13.0. The summed E-state index contributed by atoms with van der Waals surface area (Å²) < 4.78 is 0. The number of amides is 5. The van der Waals surface area contributed by atoms with Gasteiger partial charge in [0, 0.05) is 50.4 Å². The second-order valence-electron chi connectivity index (χ2n) is 8.61.